The zero-order valence-electron chi connectivity index (χ0n) is 10.9. The van der Waals surface area contributed by atoms with Crippen molar-refractivity contribution in [3.05, 3.63) is 56.5 Å². The van der Waals surface area contributed by atoms with Crippen LogP contribution in [0.1, 0.15) is 36.8 Å². The summed E-state index contributed by atoms with van der Waals surface area (Å²) in [5.74, 6) is -0.656. The molecule has 2 aromatic rings. The van der Waals surface area contributed by atoms with E-state index >= 15 is 0 Å². The molecule has 0 atom stereocenters. The van der Waals surface area contributed by atoms with Crippen molar-refractivity contribution in [3.8, 4) is 0 Å². The van der Waals surface area contributed by atoms with Crippen molar-refractivity contribution in [3.63, 3.8) is 0 Å². The molecule has 0 aliphatic carbocycles. The molecular weight excluding hydrogens is 350 g/mol. The molecule has 20 heavy (non-hydrogen) atoms. The van der Waals surface area contributed by atoms with Gasteiger partial charge in [-0.1, -0.05) is 31.5 Å². The van der Waals surface area contributed by atoms with Gasteiger partial charge in [-0.05, 0) is 33.5 Å². The van der Waals surface area contributed by atoms with Crippen LogP contribution in [0.4, 0.5) is 8.78 Å². The first-order valence-corrected chi connectivity index (χ1v) is 7.21. The maximum absolute atomic E-state index is 13.6. The molecule has 1 aromatic carbocycles. The summed E-state index contributed by atoms with van der Waals surface area (Å²) in [7, 11) is 0. The quantitative estimate of drug-likeness (QED) is 0.728. The Morgan fingerprint density at radius 1 is 1.25 bits per heavy atom. The summed E-state index contributed by atoms with van der Waals surface area (Å²) in [5.41, 5.74) is 1.10. The van der Waals surface area contributed by atoms with Crippen molar-refractivity contribution in [1.29, 1.82) is 0 Å². The summed E-state index contributed by atoms with van der Waals surface area (Å²) in [6.45, 7) is 3.96. The fourth-order valence-electron chi connectivity index (χ4n) is 1.78. The highest BCUT2D eigenvalue weighted by atomic mass is 79.9. The van der Waals surface area contributed by atoms with E-state index in [2.05, 4.69) is 25.9 Å². The molecule has 106 valence electrons. The van der Waals surface area contributed by atoms with E-state index < -0.39 is 11.6 Å². The fourth-order valence-corrected chi connectivity index (χ4v) is 2.61. The first kappa shape index (κ1) is 15.3. The Labute approximate surface area is 129 Å². The zero-order chi connectivity index (χ0) is 14.9. The third-order valence-corrected chi connectivity index (χ3v) is 4.08. The van der Waals surface area contributed by atoms with Gasteiger partial charge < -0.3 is 0 Å². The number of benzene rings is 1. The van der Waals surface area contributed by atoms with Crippen molar-refractivity contribution in [2.24, 2.45) is 0 Å². The molecule has 0 spiro atoms. The Hall–Kier alpha value is -1.07. The van der Waals surface area contributed by atoms with Crippen LogP contribution in [0.2, 0.25) is 5.15 Å². The molecule has 0 saturated heterocycles. The molecule has 1 heterocycles. The van der Waals surface area contributed by atoms with Crippen LogP contribution < -0.4 is 0 Å². The van der Waals surface area contributed by atoms with Gasteiger partial charge in [-0.15, -0.1) is 0 Å². The summed E-state index contributed by atoms with van der Waals surface area (Å²) in [6.07, 6.45) is 0.166. The van der Waals surface area contributed by atoms with Crippen LogP contribution in [0.3, 0.4) is 0 Å². The zero-order valence-corrected chi connectivity index (χ0v) is 13.3. The van der Waals surface area contributed by atoms with Gasteiger partial charge in [0.15, 0.2) is 0 Å². The minimum absolute atomic E-state index is 0.154. The third kappa shape index (κ3) is 3.33. The van der Waals surface area contributed by atoms with Gasteiger partial charge in [0.25, 0.3) is 0 Å². The Morgan fingerprint density at radius 2 is 1.95 bits per heavy atom. The number of rotatable bonds is 3. The average Bonchev–Trinajstić information content (AvgIpc) is 2.36. The lowest BCUT2D eigenvalue weighted by Gasteiger charge is -2.11. The van der Waals surface area contributed by atoms with Gasteiger partial charge in [-0.25, -0.2) is 18.7 Å². The molecule has 0 aliphatic heterocycles. The Bertz CT molecular complexity index is 647. The molecule has 1 aromatic heterocycles. The van der Waals surface area contributed by atoms with Gasteiger partial charge in [0.2, 0.25) is 0 Å². The minimum atomic E-state index is -0.612. The maximum Gasteiger partial charge on any atom is 0.147 e. The highest BCUT2D eigenvalue weighted by molar-refractivity contribution is 9.10. The van der Waals surface area contributed by atoms with Crippen LogP contribution in [0.5, 0.6) is 0 Å². The van der Waals surface area contributed by atoms with Crippen molar-refractivity contribution in [2.75, 3.05) is 0 Å². The van der Waals surface area contributed by atoms with Crippen LogP contribution in [0.25, 0.3) is 0 Å². The van der Waals surface area contributed by atoms with E-state index in [1.54, 1.807) is 0 Å². The van der Waals surface area contributed by atoms with E-state index in [4.69, 9.17) is 11.6 Å². The molecule has 2 rings (SSSR count). The maximum atomic E-state index is 13.6. The summed E-state index contributed by atoms with van der Waals surface area (Å²) in [4.78, 5) is 8.51. The first-order chi connectivity index (χ1) is 9.38. The molecule has 2 nitrogen and oxygen atoms in total. The predicted octanol–water partition coefficient (Wildman–Crippen LogP) is 4.88. The van der Waals surface area contributed by atoms with Crippen LogP contribution in [0.15, 0.2) is 22.7 Å². The second kappa shape index (κ2) is 6.14. The summed E-state index contributed by atoms with van der Waals surface area (Å²) < 4.78 is 27.2. The van der Waals surface area contributed by atoms with E-state index in [0.29, 0.717) is 21.0 Å². The SMILES string of the molecule is CC(C)c1nc(Cc2ccc(F)cc2F)nc(Cl)c1Br. The van der Waals surface area contributed by atoms with E-state index in [9.17, 15) is 8.78 Å². The smallest absolute Gasteiger partial charge is 0.147 e. The molecule has 0 fully saturated rings. The van der Waals surface area contributed by atoms with Crippen molar-refractivity contribution in [2.45, 2.75) is 26.2 Å². The summed E-state index contributed by atoms with van der Waals surface area (Å²) >= 11 is 9.39. The Morgan fingerprint density at radius 3 is 2.55 bits per heavy atom. The summed E-state index contributed by atoms with van der Waals surface area (Å²) in [6, 6.07) is 3.44. The number of hydrogen-bond acceptors (Lipinski definition) is 2. The van der Waals surface area contributed by atoms with Crippen LogP contribution >= 0.6 is 27.5 Å². The van der Waals surface area contributed by atoms with Gasteiger partial charge in [0, 0.05) is 12.5 Å². The number of aromatic nitrogens is 2. The van der Waals surface area contributed by atoms with Gasteiger partial charge >= 0.3 is 0 Å². The lowest BCUT2D eigenvalue weighted by molar-refractivity contribution is 0.573. The third-order valence-electron chi connectivity index (χ3n) is 2.79. The van der Waals surface area contributed by atoms with Crippen LogP contribution in [-0.2, 0) is 6.42 Å². The lowest BCUT2D eigenvalue weighted by Crippen LogP contribution is -2.05. The van der Waals surface area contributed by atoms with E-state index in [1.165, 1.54) is 12.1 Å². The predicted molar refractivity (Wildman–Crippen MR) is 78.0 cm³/mol. The molecule has 0 saturated carbocycles. The van der Waals surface area contributed by atoms with Crippen LogP contribution in [0, 0.1) is 11.6 Å². The molecule has 0 unspecified atom stereocenters. The number of halogens is 4. The van der Waals surface area contributed by atoms with Gasteiger partial charge in [0.1, 0.15) is 22.6 Å². The highest BCUT2D eigenvalue weighted by Crippen LogP contribution is 2.29. The molecule has 6 heteroatoms. The van der Waals surface area contributed by atoms with Gasteiger partial charge in [-0.2, -0.15) is 0 Å². The molecule has 0 amide bonds. The van der Waals surface area contributed by atoms with Crippen molar-refractivity contribution < 1.29 is 8.78 Å². The van der Waals surface area contributed by atoms with Crippen molar-refractivity contribution >= 4 is 27.5 Å². The first-order valence-electron chi connectivity index (χ1n) is 6.04. The van der Waals surface area contributed by atoms with E-state index in [-0.39, 0.29) is 12.3 Å². The Kier molecular flexibility index (Phi) is 4.70. The molecule has 0 aliphatic rings. The topological polar surface area (TPSA) is 25.8 Å². The van der Waals surface area contributed by atoms with Crippen molar-refractivity contribution in [1.82, 2.24) is 9.97 Å². The van der Waals surface area contributed by atoms with E-state index in [0.717, 1.165) is 11.8 Å². The Balaban J connectivity index is 2.39. The molecule has 0 bridgehead atoms. The van der Waals surface area contributed by atoms with Crippen LogP contribution in [-0.4, -0.2) is 9.97 Å². The highest BCUT2D eigenvalue weighted by Gasteiger charge is 2.15. The standard InChI is InChI=1S/C14H12BrClF2N2/c1-7(2)13-12(15)14(16)20-11(19-13)5-8-3-4-9(17)6-10(8)18/h3-4,6-7H,5H2,1-2H3. The van der Waals surface area contributed by atoms with E-state index in [1.807, 2.05) is 13.8 Å². The minimum Gasteiger partial charge on any atom is -0.236 e. The van der Waals surface area contributed by atoms with Gasteiger partial charge in [-0.3, -0.25) is 0 Å². The molecule has 0 N–H and O–H groups in total. The van der Waals surface area contributed by atoms with Gasteiger partial charge in [0.05, 0.1) is 10.2 Å². The monoisotopic (exact) mass is 360 g/mol. The summed E-state index contributed by atoms with van der Waals surface area (Å²) in [5, 5.41) is 0.293. The fraction of sp³-hybridized carbons (Fsp3) is 0.286. The molecular formula is C14H12BrClF2N2. The number of nitrogens with zero attached hydrogens (tertiary/aromatic N) is 2. The molecule has 0 radical (unpaired) electrons. The number of hydrogen-bond donors (Lipinski definition) is 0. The second-order valence-electron chi connectivity index (χ2n) is 4.70. The average molecular weight is 362 g/mol. The lowest BCUT2D eigenvalue weighted by atomic mass is 10.1. The second-order valence-corrected chi connectivity index (χ2v) is 5.85. The normalized spacial score (nSPS) is 11.2. The largest absolute Gasteiger partial charge is 0.236 e.